The summed E-state index contributed by atoms with van der Waals surface area (Å²) in [6.07, 6.45) is 1.95. The van der Waals surface area contributed by atoms with E-state index in [-0.39, 0.29) is 29.1 Å². The fraction of sp³-hybridized carbons (Fsp3) is 0.731. The lowest BCUT2D eigenvalue weighted by Gasteiger charge is -2.17. The highest BCUT2D eigenvalue weighted by molar-refractivity contribution is 5.70. The molecule has 0 bridgehead atoms. The maximum atomic E-state index is 14.0. The van der Waals surface area contributed by atoms with E-state index in [2.05, 4.69) is 17.2 Å². The Labute approximate surface area is 210 Å². The SMILES string of the molecule is CCCCOCCC[C@@H](CC(=O)O)c1noc(-c2cn(CCC(C)(C)C)nc2C(F)(F)F)c1C1CC1. The molecule has 1 aliphatic rings. The summed E-state index contributed by atoms with van der Waals surface area (Å²) in [5, 5.41) is 17.5. The minimum Gasteiger partial charge on any atom is -0.481 e. The molecule has 2 aromatic heterocycles. The molecule has 3 rings (SSSR count). The molecule has 0 saturated heterocycles. The van der Waals surface area contributed by atoms with Gasteiger partial charge < -0.3 is 14.4 Å². The average molecular weight is 514 g/mol. The predicted octanol–water partition coefficient (Wildman–Crippen LogP) is 7.03. The number of hydrogen-bond acceptors (Lipinski definition) is 5. The van der Waals surface area contributed by atoms with E-state index in [0.717, 1.165) is 25.7 Å². The Hall–Kier alpha value is -2.36. The Morgan fingerprint density at radius 2 is 1.94 bits per heavy atom. The van der Waals surface area contributed by atoms with Crippen LogP contribution in [0.4, 0.5) is 13.2 Å². The largest absolute Gasteiger partial charge is 0.481 e. The summed E-state index contributed by atoms with van der Waals surface area (Å²) in [5.74, 6) is -1.37. The van der Waals surface area contributed by atoms with Crippen LogP contribution < -0.4 is 0 Å². The van der Waals surface area contributed by atoms with Crippen molar-refractivity contribution in [2.24, 2.45) is 5.41 Å². The lowest BCUT2D eigenvalue weighted by Crippen LogP contribution is -2.12. The summed E-state index contributed by atoms with van der Waals surface area (Å²) in [6.45, 7) is 9.63. The van der Waals surface area contributed by atoms with Gasteiger partial charge in [0.25, 0.3) is 0 Å². The molecule has 2 aromatic rings. The van der Waals surface area contributed by atoms with Crippen LogP contribution in [0, 0.1) is 5.41 Å². The number of carboxylic acid groups (broad SMARTS) is 1. The Kier molecular flexibility index (Phi) is 9.24. The molecular formula is C26H38F3N3O4. The van der Waals surface area contributed by atoms with Crippen LogP contribution in [0.1, 0.15) is 108 Å². The fourth-order valence-electron chi connectivity index (χ4n) is 4.25. The van der Waals surface area contributed by atoms with Crippen LogP contribution in [-0.4, -0.2) is 39.2 Å². The molecule has 1 atom stereocenters. The summed E-state index contributed by atoms with van der Waals surface area (Å²) >= 11 is 0. The standard InChI is InChI=1S/C26H38F3N3O4/c1-5-6-13-35-14-7-8-18(15-20(33)34)22-21(17-9-10-17)23(36-31-22)19-16-32(12-11-25(2,3)4)30-24(19)26(27,28)29/h16-18H,5-15H2,1-4H3,(H,33,34)/t18-/m0/s1. The highest BCUT2D eigenvalue weighted by atomic mass is 19.4. The normalized spacial score (nSPS) is 15.4. The maximum Gasteiger partial charge on any atom is 0.435 e. The summed E-state index contributed by atoms with van der Waals surface area (Å²) in [7, 11) is 0. The Morgan fingerprint density at radius 3 is 2.53 bits per heavy atom. The van der Waals surface area contributed by atoms with Gasteiger partial charge in [-0.15, -0.1) is 0 Å². The maximum absolute atomic E-state index is 14.0. The summed E-state index contributed by atoms with van der Waals surface area (Å²) < 4.78 is 54.4. The van der Waals surface area contributed by atoms with Crippen LogP contribution in [0.5, 0.6) is 0 Å². The molecule has 0 spiro atoms. The van der Waals surface area contributed by atoms with Crippen LogP contribution in [0.25, 0.3) is 11.3 Å². The van der Waals surface area contributed by atoms with Crippen molar-refractivity contribution in [3.05, 3.63) is 23.1 Å². The predicted molar refractivity (Wildman–Crippen MR) is 129 cm³/mol. The number of ether oxygens (including phenoxy) is 1. The lowest BCUT2D eigenvalue weighted by molar-refractivity contribution is -0.141. The van der Waals surface area contributed by atoms with Crippen LogP contribution in [0.3, 0.4) is 0 Å². The van der Waals surface area contributed by atoms with Gasteiger partial charge in [-0.25, -0.2) is 0 Å². The molecule has 10 heteroatoms. The van der Waals surface area contributed by atoms with E-state index in [0.29, 0.717) is 50.3 Å². The first-order valence-corrected chi connectivity index (χ1v) is 12.8. The van der Waals surface area contributed by atoms with Crippen molar-refractivity contribution in [2.75, 3.05) is 13.2 Å². The van der Waals surface area contributed by atoms with Crippen molar-refractivity contribution >= 4 is 5.97 Å². The van der Waals surface area contributed by atoms with Crippen molar-refractivity contribution in [1.29, 1.82) is 0 Å². The zero-order valence-electron chi connectivity index (χ0n) is 21.7. The van der Waals surface area contributed by atoms with E-state index < -0.39 is 23.8 Å². The Morgan fingerprint density at radius 1 is 1.25 bits per heavy atom. The van der Waals surface area contributed by atoms with Crippen molar-refractivity contribution in [3.63, 3.8) is 0 Å². The number of alkyl halides is 3. The first-order chi connectivity index (χ1) is 16.9. The highest BCUT2D eigenvalue weighted by Gasteiger charge is 2.42. The van der Waals surface area contributed by atoms with Gasteiger partial charge >= 0.3 is 12.1 Å². The third-order valence-electron chi connectivity index (χ3n) is 6.40. The number of nitrogens with zero attached hydrogens (tertiary/aromatic N) is 3. The van der Waals surface area contributed by atoms with Crippen LogP contribution in [0.15, 0.2) is 10.7 Å². The number of hydrogen-bond donors (Lipinski definition) is 1. The van der Waals surface area contributed by atoms with Crippen LogP contribution in [0.2, 0.25) is 0 Å². The second-order valence-corrected chi connectivity index (χ2v) is 11.0. The van der Waals surface area contributed by atoms with E-state index in [1.807, 2.05) is 20.8 Å². The molecule has 0 radical (unpaired) electrons. The second kappa shape index (κ2) is 11.8. The third-order valence-corrected chi connectivity index (χ3v) is 6.40. The number of rotatable bonds is 14. The number of aromatic nitrogens is 3. The monoisotopic (exact) mass is 513 g/mol. The minimum absolute atomic E-state index is 0.0114. The van der Waals surface area contributed by atoms with Gasteiger partial charge in [0.05, 0.1) is 17.7 Å². The highest BCUT2D eigenvalue weighted by Crippen LogP contribution is 2.50. The van der Waals surface area contributed by atoms with E-state index >= 15 is 0 Å². The van der Waals surface area contributed by atoms with E-state index in [9.17, 15) is 23.1 Å². The number of aryl methyl sites for hydroxylation is 1. The molecule has 0 aromatic carbocycles. The number of carboxylic acids is 1. The molecule has 1 fully saturated rings. The molecule has 2 heterocycles. The van der Waals surface area contributed by atoms with E-state index in [1.165, 1.54) is 10.9 Å². The second-order valence-electron chi connectivity index (χ2n) is 11.0. The van der Waals surface area contributed by atoms with Gasteiger partial charge in [0.2, 0.25) is 0 Å². The molecule has 7 nitrogen and oxygen atoms in total. The van der Waals surface area contributed by atoms with Crippen LogP contribution in [-0.2, 0) is 22.3 Å². The molecule has 36 heavy (non-hydrogen) atoms. The molecule has 0 unspecified atom stereocenters. The summed E-state index contributed by atoms with van der Waals surface area (Å²) in [5.41, 5.74) is -0.130. The van der Waals surface area contributed by atoms with E-state index in [1.54, 1.807) is 0 Å². The fourth-order valence-corrected chi connectivity index (χ4v) is 4.25. The van der Waals surface area contributed by atoms with Crippen molar-refractivity contribution in [1.82, 2.24) is 14.9 Å². The van der Waals surface area contributed by atoms with Crippen molar-refractivity contribution in [2.45, 2.75) is 104 Å². The number of carbonyl (C=O) groups is 1. The molecule has 1 aliphatic carbocycles. The summed E-state index contributed by atoms with van der Waals surface area (Å²) in [4.78, 5) is 11.6. The summed E-state index contributed by atoms with van der Waals surface area (Å²) in [6, 6.07) is 0. The first kappa shape index (κ1) is 28.2. The van der Waals surface area contributed by atoms with Crippen LogP contribution >= 0.6 is 0 Å². The number of unbranched alkanes of at least 4 members (excludes halogenated alkanes) is 1. The van der Waals surface area contributed by atoms with Gasteiger partial charge in [-0.1, -0.05) is 39.3 Å². The number of aliphatic carboxylic acids is 1. The minimum atomic E-state index is -4.66. The molecule has 0 aliphatic heterocycles. The molecule has 1 saturated carbocycles. The topological polar surface area (TPSA) is 90.4 Å². The van der Waals surface area contributed by atoms with Crippen molar-refractivity contribution < 1.29 is 32.3 Å². The lowest BCUT2D eigenvalue weighted by atomic mass is 9.90. The zero-order chi connectivity index (χ0) is 26.5. The van der Waals surface area contributed by atoms with Gasteiger partial charge in [-0.3, -0.25) is 9.48 Å². The number of halogens is 3. The Balaban J connectivity index is 1.92. The average Bonchev–Trinajstić information content (AvgIpc) is 3.35. The van der Waals surface area contributed by atoms with Gasteiger partial charge in [-0.05, 0) is 49.9 Å². The zero-order valence-corrected chi connectivity index (χ0v) is 21.7. The van der Waals surface area contributed by atoms with Gasteiger partial charge in [-0.2, -0.15) is 18.3 Å². The van der Waals surface area contributed by atoms with E-state index in [4.69, 9.17) is 9.26 Å². The Bertz CT molecular complexity index is 1000. The smallest absolute Gasteiger partial charge is 0.435 e. The quantitative estimate of drug-likeness (QED) is 0.273. The molecular weight excluding hydrogens is 475 g/mol. The third kappa shape index (κ3) is 7.82. The molecule has 0 amide bonds. The van der Waals surface area contributed by atoms with Gasteiger partial charge in [0.1, 0.15) is 0 Å². The molecule has 202 valence electrons. The van der Waals surface area contributed by atoms with Gasteiger partial charge in [0.15, 0.2) is 11.5 Å². The molecule has 1 N–H and O–H groups in total. The van der Waals surface area contributed by atoms with Crippen molar-refractivity contribution in [3.8, 4) is 11.3 Å². The first-order valence-electron chi connectivity index (χ1n) is 12.8. The van der Waals surface area contributed by atoms with Gasteiger partial charge in [0, 0.05) is 37.4 Å².